The topological polar surface area (TPSA) is 53.1 Å². The van der Waals surface area contributed by atoms with Gasteiger partial charge in [0.2, 0.25) is 0 Å². The number of imide groups is 1. The van der Waals surface area contributed by atoms with E-state index in [1.807, 2.05) is 84.6 Å². The van der Waals surface area contributed by atoms with E-state index in [0.29, 0.717) is 34.8 Å². The Morgan fingerprint density at radius 1 is 0.882 bits per heavy atom. The first-order valence-corrected chi connectivity index (χ1v) is 11.4. The molecule has 0 radical (unpaired) electrons. The summed E-state index contributed by atoms with van der Waals surface area (Å²) in [6.45, 7) is 0.662. The third kappa shape index (κ3) is 3.52. The highest BCUT2D eigenvalue weighted by molar-refractivity contribution is 6.46. The van der Waals surface area contributed by atoms with Gasteiger partial charge >= 0.3 is 0 Å². The van der Waals surface area contributed by atoms with Crippen LogP contribution in [0.2, 0.25) is 0 Å². The van der Waals surface area contributed by atoms with E-state index >= 15 is 0 Å². The molecule has 3 aromatic rings. The van der Waals surface area contributed by atoms with E-state index in [9.17, 15) is 9.59 Å². The van der Waals surface area contributed by atoms with Crippen LogP contribution in [-0.4, -0.2) is 39.6 Å². The van der Waals surface area contributed by atoms with Crippen LogP contribution in [0.4, 0.5) is 17.1 Å². The fraction of sp³-hybridized carbons (Fsp3) is 0.214. The third-order valence-electron chi connectivity index (χ3n) is 6.42. The van der Waals surface area contributed by atoms with Gasteiger partial charge in [0.05, 0.1) is 18.4 Å². The maximum absolute atomic E-state index is 14.0. The molecule has 2 aliphatic heterocycles. The molecular weight excluding hydrogens is 426 g/mol. The molecule has 3 aromatic carbocycles. The summed E-state index contributed by atoms with van der Waals surface area (Å²) in [5.41, 5.74) is 5.00. The Hall–Kier alpha value is -4.06. The van der Waals surface area contributed by atoms with Crippen molar-refractivity contribution in [3.63, 3.8) is 0 Å². The standard InChI is InChI=1S/C28H27N3O3/c1-29(2)20-12-8-13-21(18-20)31-27(32)25(22-14-5-7-16-24(22)34-3)26(28(31)33)30-17-9-11-19-10-4-6-15-23(19)30/h4-8,10,12-16,18H,9,11,17H2,1-3H3. The molecular formula is C28H27N3O3. The van der Waals surface area contributed by atoms with Crippen molar-refractivity contribution < 1.29 is 14.3 Å². The van der Waals surface area contributed by atoms with Crippen LogP contribution in [0.5, 0.6) is 5.75 Å². The second kappa shape index (κ2) is 8.71. The number of anilines is 3. The van der Waals surface area contributed by atoms with Crippen LogP contribution in [0.15, 0.2) is 78.5 Å². The molecule has 0 aromatic heterocycles. The Morgan fingerprint density at radius 2 is 1.65 bits per heavy atom. The monoisotopic (exact) mass is 453 g/mol. The molecule has 0 atom stereocenters. The van der Waals surface area contributed by atoms with Crippen LogP contribution in [-0.2, 0) is 16.0 Å². The average Bonchev–Trinajstić information content (AvgIpc) is 3.13. The summed E-state index contributed by atoms with van der Waals surface area (Å²) >= 11 is 0. The van der Waals surface area contributed by atoms with Gasteiger partial charge in [-0.2, -0.15) is 0 Å². The van der Waals surface area contributed by atoms with Crippen molar-refractivity contribution >= 4 is 34.4 Å². The highest BCUT2D eigenvalue weighted by Crippen LogP contribution is 2.42. The normalized spacial score (nSPS) is 15.6. The van der Waals surface area contributed by atoms with E-state index < -0.39 is 0 Å². The number of hydrogen-bond acceptors (Lipinski definition) is 5. The number of carbonyl (C=O) groups excluding carboxylic acids is 2. The maximum Gasteiger partial charge on any atom is 0.282 e. The molecule has 0 N–H and O–H groups in total. The number of carbonyl (C=O) groups is 2. The molecule has 172 valence electrons. The molecule has 0 fully saturated rings. The number of aryl methyl sites for hydroxylation is 1. The lowest BCUT2D eigenvalue weighted by Gasteiger charge is -2.32. The minimum Gasteiger partial charge on any atom is -0.496 e. The van der Waals surface area contributed by atoms with Crippen molar-refractivity contribution in [2.45, 2.75) is 12.8 Å². The number of nitrogens with zero attached hydrogens (tertiary/aromatic N) is 3. The predicted molar refractivity (Wildman–Crippen MR) is 135 cm³/mol. The largest absolute Gasteiger partial charge is 0.496 e. The molecule has 34 heavy (non-hydrogen) atoms. The van der Waals surface area contributed by atoms with E-state index in [1.54, 1.807) is 13.2 Å². The minimum atomic E-state index is -0.344. The Bertz CT molecular complexity index is 1310. The molecule has 5 rings (SSSR count). The number of methoxy groups -OCH3 is 1. The lowest BCUT2D eigenvalue weighted by Crippen LogP contribution is -2.37. The van der Waals surface area contributed by atoms with Crippen molar-refractivity contribution in [1.29, 1.82) is 0 Å². The summed E-state index contributed by atoms with van der Waals surface area (Å²) in [5, 5.41) is 0. The fourth-order valence-electron chi connectivity index (χ4n) is 4.77. The smallest absolute Gasteiger partial charge is 0.282 e. The number of hydrogen-bond donors (Lipinski definition) is 0. The van der Waals surface area contributed by atoms with Crippen LogP contribution < -0.4 is 19.4 Å². The molecule has 0 unspecified atom stereocenters. The molecule has 0 saturated heterocycles. The number of fused-ring (bicyclic) bond motifs is 1. The van der Waals surface area contributed by atoms with Gasteiger partial charge in [-0.25, -0.2) is 4.90 Å². The lowest BCUT2D eigenvalue weighted by atomic mass is 9.98. The summed E-state index contributed by atoms with van der Waals surface area (Å²) in [6, 6.07) is 23.0. The summed E-state index contributed by atoms with van der Waals surface area (Å²) in [7, 11) is 5.44. The van der Waals surface area contributed by atoms with E-state index in [2.05, 4.69) is 6.07 Å². The zero-order chi connectivity index (χ0) is 23.8. The molecule has 0 saturated carbocycles. The number of para-hydroxylation sites is 2. The molecule has 0 aliphatic carbocycles. The van der Waals surface area contributed by atoms with Crippen LogP contribution in [0.3, 0.4) is 0 Å². The van der Waals surface area contributed by atoms with Crippen LogP contribution >= 0.6 is 0 Å². The van der Waals surface area contributed by atoms with Crippen molar-refractivity contribution in [1.82, 2.24) is 0 Å². The van der Waals surface area contributed by atoms with E-state index in [0.717, 1.165) is 24.2 Å². The van der Waals surface area contributed by atoms with Gasteiger partial charge in [-0.05, 0) is 48.7 Å². The second-order valence-electron chi connectivity index (χ2n) is 8.67. The number of benzene rings is 3. The molecule has 2 aliphatic rings. The fourth-order valence-corrected chi connectivity index (χ4v) is 4.77. The first-order valence-electron chi connectivity index (χ1n) is 11.4. The summed E-state index contributed by atoms with van der Waals surface area (Å²) in [6.07, 6.45) is 1.85. The Morgan fingerprint density at radius 3 is 2.44 bits per heavy atom. The van der Waals surface area contributed by atoms with E-state index in [1.165, 1.54) is 10.5 Å². The van der Waals surface area contributed by atoms with Crippen molar-refractivity contribution in [2.24, 2.45) is 0 Å². The van der Waals surface area contributed by atoms with Gasteiger partial charge in [-0.3, -0.25) is 9.59 Å². The van der Waals surface area contributed by atoms with E-state index in [4.69, 9.17) is 4.74 Å². The number of amides is 2. The number of rotatable bonds is 5. The van der Waals surface area contributed by atoms with Gasteiger partial charge in [0, 0.05) is 37.6 Å². The zero-order valence-electron chi connectivity index (χ0n) is 19.6. The minimum absolute atomic E-state index is 0.321. The van der Waals surface area contributed by atoms with Crippen LogP contribution in [0, 0.1) is 0 Å². The average molecular weight is 454 g/mol. The Kier molecular flexibility index (Phi) is 5.57. The first kappa shape index (κ1) is 21.8. The number of ether oxygens (including phenoxy) is 1. The van der Waals surface area contributed by atoms with Gasteiger partial charge < -0.3 is 14.5 Å². The molecule has 0 bridgehead atoms. The predicted octanol–water partition coefficient (Wildman–Crippen LogP) is 4.50. The first-order chi connectivity index (χ1) is 16.5. The maximum atomic E-state index is 14.0. The Balaban J connectivity index is 1.71. The van der Waals surface area contributed by atoms with Crippen LogP contribution in [0.25, 0.3) is 5.57 Å². The summed E-state index contributed by atoms with van der Waals surface area (Å²) in [4.78, 5) is 33.3. The molecule has 2 heterocycles. The van der Waals surface area contributed by atoms with Crippen molar-refractivity contribution in [3.8, 4) is 5.75 Å². The summed E-state index contributed by atoms with van der Waals surface area (Å²) in [5.74, 6) is -0.104. The van der Waals surface area contributed by atoms with Gasteiger partial charge in [-0.15, -0.1) is 0 Å². The Labute approximate surface area is 199 Å². The molecule has 6 nitrogen and oxygen atoms in total. The van der Waals surface area contributed by atoms with Crippen LogP contribution in [0.1, 0.15) is 17.5 Å². The molecule has 2 amide bonds. The highest BCUT2D eigenvalue weighted by atomic mass is 16.5. The highest BCUT2D eigenvalue weighted by Gasteiger charge is 2.44. The summed E-state index contributed by atoms with van der Waals surface area (Å²) < 4.78 is 5.60. The lowest BCUT2D eigenvalue weighted by molar-refractivity contribution is -0.120. The van der Waals surface area contributed by atoms with Gasteiger partial charge in [-0.1, -0.05) is 42.5 Å². The van der Waals surface area contributed by atoms with Crippen molar-refractivity contribution in [2.75, 3.05) is 42.4 Å². The SMILES string of the molecule is COc1ccccc1C1=C(N2CCCc3ccccc32)C(=O)N(c2cccc(N(C)C)c2)C1=O. The zero-order valence-corrected chi connectivity index (χ0v) is 19.6. The molecule has 6 heteroatoms. The van der Waals surface area contributed by atoms with Gasteiger partial charge in [0.1, 0.15) is 11.4 Å². The second-order valence-corrected chi connectivity index (χ2v) is 8.67. The quantitative estimate of drug-likeness (QED) is 0.533. The van der Waals surface area contributed by atoms with Gasteiger partial charge in [0.15, 0.2) is 0 Å². The van der Waals surface area contributed by atoms with Crippen molar-refractivity contribution in [3.05, 3.63) is 89.6 Å². The van der Waals surface area contributed by atoms with Gasteiger partial charge in [0.25, 0.3) is 11.8 Å². The van der Waals surface area contributed by atoms with E-state index in [-0.39, 0.29) is 11.8 Å². The third-order valence-corrected chi connectivity index (χ3v) is 6.42. The molecule has 0 spiro atoms.